The minimum Gasteiger partial charge on any atom is -0.0982 e. The van der Waals surface area contributed by atoms with E-state index in [4.69, 9.17) is 0 Å². The standard InChI is InChI=1S/C10H8.C2H6/c1-2-6-10-8-4-3-7-9(10)5-1;1-2/h1-2,5-6H,7-8H2;1-2H3. The van der Waals surface area contributed by atoms with E-state index < -0.39 is 0 Å². The van der Waals surface area contributed by atoms with Crippen LogP contribution in [0.3, 0.4) is 0 Å². The molecule has 0 atom stereocenters. The Morgan fingerprint density at radius 1 is 0.917 bits per heavy atom. The normalized spacial score (nSPS) is 11.5. The molecule has 0 aliphatic heterocycles. The van der Waals surface area contributed by atoms with Gasteiger partial charge < -0.3 is 0 Å². The summed E-state index contributed by atoms with van der Waals surface area (Å²) < 4.78 is 0. The van der Waals surface area contributed by atoms with Gasteiger partial charge in [-0.05, 0) is 11.1 Å². The Bertz CT molecular complexity index is 270. The van der Waals surface area contributed by atoms with Crippen LogP contribution in [0.4, 0.5) is 0 Å². The summed E-state index contributed by atoms with van der Waals surface area (Å²) >= 11 is 0. The zero-order chi connectivity index (χ0) is 8.81. The quantitative estimate of drug-likeness (QED) is 0.509. The Balaban J connectivity index is 0.000000336. The Kier molecular flexibility index (Phi) is 3.41. The molecule has 0 bridgehead atoms. The van der Waals surface area contributed by atoms with Crippen LogP contribution in [0.1, 0.15) is 25.0 Å². The molecule has 0 saturated heterocycles. The first-order valence-electron chi connectivity index (χ1n) is 4.49. The van der Waals surface area contributed by atoms with Crippen LogP contribution in [-0.2, 0) is 12.8 Å². The summed E-state index contributed by atoms with van der Waals surface area (Å²) in [6, 6.07) is 8.46. The third-order valence-electron chi connectivity index (χ3n) is 1.80. The lowest BCUT2D eigenvalue weighted by atomic mass is 9.99. The minimum atomic E-state index is 0.941. The number of hydrogen-bond acceptors (Lipinski definition) is 0. The van der Waals surface area contributed by atoms with Crippen molar-refractivity contribution in [1.29, 1.82) is 0 Å². The van der Waals surface area contributed by atoms with Gasteiger partial charge in [-0.25, -0.2) is 0 Å². The number of benzene rings is 1. The van der Waals surface area contributed by atoms with Gasteiger partial charge in [0, 0.05) is 12.8 Å². The van der Waals surface area contributed by atoms with Gasteiger partial charge in [0.2, 0.25) is 0 Å². The highest BCUT2D eigenvalue weighted by Gasteiger charge is 2.00. The molecular weight excluding hydrogens is 144 g/mol. The highest BCUT2D eigenvalue weighted by molar-refractivity contribution is 5.36. The van der Waals surface area contributed by atoms with Gasteiger partial charge in [0.05, 0.1) is 0 Å². The lowest BCUT2D eigenvalue weighted by Gasteiger charge is -2.05. The second-order valence-corrected chi connectivity index (χ2v) is 2.48. The molecule has 2 rings (SSSR count). The molecule has 0 unspecified atom stereocenters. The molecule has 0 fully saturated rings. The fraction of sp³-hybridized carbons (Fsp3) is 0.333. The Morgan fingerprint density at radius 3 is 1.75 bits per heavy atom. The van der Waals surface area contributed by atoms with Gasteiger partial charge in [0.1, 0.15) is 0 Å². The van der Waals surface area contributed by atoms with Gasteiger partial charge in [-0.1, -0.05) is 50.0 Å². The molecule has 1 aromatic rings. The molecule has 0 nitrogen and oxygen atoms in total. The summed E-state index contributed by atoms with van der Waals surface area (Å²) in [6.45, 7) is 4.00. The van der Waals surface area contributed by atoms with Gasteiger partial charge in [0.25, 0.3) is 0 Å². The molecule has 0 spiro atoms. The van der Waals surface area contributed by atoms with Gasteiger partial charge >= 0.3 is 0 Å². The van der Waals surface area contributed by atoms with E-state index in [-0.39, 0.29) is 0 Å². The second kappa shape index (κ2) is 4.62. The molecule has 1 aliphatic rings. The highest BCUT2D eigenvalue weighted by atomic mass is 14.0. The average molecular weight is 158 g/mol. The first-order valence-corrected chi connectivity index (χ1v) is 4.49. The van der Waals surface area contributed by atoms with E-state index >= 15 is 0 Å². The maximum absolute atomic E-state index is 3.09. The molecule has 0 saturated carbocycles. The fourth-order valence-electron chi connectivity index (χ4n) is 1.22. The third-order valence-corrected chi connectivity index (χ3v) is 1.80. The fourth-order valence-corrected chi connectivity index (χ4v) is 1.22. The van der Waals surface area contributed by atoms with Crippen molar-refractivity contribution in [3.63, 3.8) is 0 Å². The number of rotatable bonds is 0. The number of fused-ring (bicyclic) bond motifs is 1. The predicted octanol–water partition coefficient (Wildman–Crippen LogP) is 2.81. The molecular formula is C12H14. The summed E-state index contributed by atoms with van der Waals surface area (Å²) in [7, 11) is 0. The molecule has 0 N–H and O–H groups in total. The molecule has 1 aliphatic carbocycles. The van der Waals surface area contributed by atoms with E-state index in [1.165, 1.54) is 11.1 Å². The van der Waals surface area contributed by atoms with E-state index in [1.807, 2.05) is 13.8 Å². The monoisotopic (exact) mass is 158 g/mol. The van der Waals surface area contributed by atoms with E-state index in [0.717, 1.165) is 12.8 Å². The van der Waals surface area contributed by atoms with Crippen molar-refractivity contribution in [2.45, 2.75) is 26.7 Å². The summed E-state index contributed by atoms with van der Waals surface area (Å²) in [6.07, 6.45) is 1.88. The second-order valence-electron chi connectivity index (χ2n) is 2.48. The molecule has 0 heteroatoms. The van der Waals surface area contributed by atoms with Gasteiger partial charge in [-0.2, -0.15) is 0 Å². The topological polar surface area (TPSA) is 0 Å². The Labute approximate surface area is 74.6 Å². The van der Waals surface area contributed by atoms with Gasteiger partial charge in [0.15, 0.2) is 0 Å². The van der Waals surface area contributed by atoms with E-state index in [0.29, 0.717) is 0 Å². The summed E-state index contributed by atoms with van der Waals surface area (Å²) in [5.41, 5.74) is 2.81. The summed E-state index contributed by atoms with van der Waals surface area (Å²) in [5.74, 6) is 6.18. The third kappa shape index (κ3) is 1.89. The molecule has 1 aromatic carbocycles. The van der Waals surface area contributed by atoms with Crippen LogP contribution in [0, 0.1) is 11.8 Å². The SMILES string of the molecule is C1#CCc2ccccc2C1.CC. The zero-order valence-electron chi connectivity index (χ0n) is 7.72. The number of hydrogen-bond donors (Lipinski definition) is 0. The van der Waals surface area contributed by atoms with Crippen molar-refractivity contribution in [2.24, 2.45) is 0 Å². The van der Waals surface area contributed by atoms with Crippen LogP contribution in [-0.4, -0.2) is 0 Å². The van der Waals surface area contributed by atoms with E-state index in [9.17, 15) is 0 Å². The zero-order valence-corrected chi connectivity index (χ0v) is 7.72. The lowest BCUT2D eigenvalue weighted by molar-refractivity contribution is 1.16. The minimum absolute atomic E-state index is 0.941. The molecule has 62 valence electrons. The van der Waals surface area contributed by atoms with Crippen molar-refractivity contribution in [2.75, 3.05) is 0 Å². The lowest BCUT2D eigenvalue weighted by Crippen LogP contribution is -1.95. The van der Waals surface area contributed by atoms with Gasteiger partial charge in [-0.15, -0.1) is 0 Å². The Morgan fingerprint density at radius 2 is 1.33 bits per heavy atom. The molecule has 0 aromatic heterocycles. The van der Waals surface area contributed by atoms with Crippen LogP contribution >= 0.6 is 0 Å². The van der Waals surface area contributed by atoms with E-state index in [1.54, 1.807) is 0 Å². The first kappa shape index (κ1) is 8.87. The van der Waals surface area contributed by atoms with Crippen molar-refractivity contribution in [1.82, 2.24) is 0 Å². The molecule has 0 heterocycles. The molecule has 0 radical (unpaired) electrons. The maximum Gasteiger partial charge on any atom is 0.0343 e. The smallest absolute Gasteiger partial charge is 0.0343 e. The van der Waals surface area contributed by atoms with Crippen LogP contribution in [0.5, 0.6) is 0 Å². The highest BCUT2D eigenvalue weighted by Crippen LogP contribution is 2.11. The summed E-state index contributed by atoms with van der Waals surface area (Å²) in [4.78, 5) is 0. The summed E-state index contributed by atoms with van der Waals surface area (Å²) in [5, 5.41) is 0. The van der Waals surface area contributed by atoms with Crippen LogP contribution in [0.15, 0.2) is 24.3 Å². The largest absolute Gasteiger partial charge is 0.0982 e. The van der Waals surface area contributed by atoms with Crippen molar-refractivity contribution < 1.29 is 0 Å². The maximum atomic E-state index is 3.09. The Hall–Kier alpha value is -1.22. The first-order chi connectivity index (χ1) is 5.97. The molecule has 12 heavy (non-hydrogen) atoms. The predicted molar refractivity (Wildman–Crippen MR) is 53.0 cm³/mol. The molecule has 0 amide bonds. The van der Waals surface area contributed by atoms with Crippen molar-refractivity contribution in [3.05, 3.63) is 35.4 Å². The van der Waals surface area contributed by atoms with Gasteiger partial charge in [-0.3, -0.25) is 0 Å². The van der Waals surface area contributed by atoms with Crippen LogP contribution in [0.2, 0.25) is 0 Å². The van der Waals surface area contributed by atoms with Crippen LogP contribution < -0.4 is 0 Å². The van der Waals surface area contributed by atoms with E-state index in [2.05, 4.69) is 36.1 Å². The van der Waals surface area contributed by atoms with Crippen LogP contribution in [0.25, 0.3) is 0 Å². The van der Waals surface area contributed by atoms with Crippen molar-refractivity contribution in [3.8, 4) is 11.8 Å². The average Bonchev–Trinajstić information content (AvgIpc) is 2.21. The van der Waals surface area contributed by atoms with Crippen molar-refractivity contribution >= 4 is 0 Å².